The SMILES string of the molecule is C=CC(=O)OC(C)(C)C.CCCC(=O)OC. The molecule has 0 aliphatic rings. The molecule has 0 atom stereocenters. The Balaban J connectivity index is 0. The third-order valence-corrected chi connectivity index (χ3v) is 1.26. The van der Waals surface area contributed by atoms with Gasteiger partial charge >= 0.3 is 11.9 Å². The number of hydrogen-bond donors (Lipinski definition) is 0. The van der Waals surface area contributed by atoms with Crippen molar-refractivity contribution in [1.29, 1.82) is 0 Å². The summed E-state index contributed by atoms with van der Waals surface area (Å²) in [5, 5.41) is 0. The van der Waals surface area contributed by atoms with Gasteiger partial charge in [0.25, 0.3) is 0 Å². The lowest BCUT2D eigenvalue weighted by Gasteiger charge is -2.17. The monoisotopic (exact) mass is 230 g/mol. The quantitative estimate of drug-likeness (QED) is 0.552. The van der Waals surface area contributed by atoms with Gasteiger partial charge in [0.2, 0.25) is 0 Å². The van der Waals surface area contributed by atoms with Gasteiger partial charge in [-0.1, -0.05) is 13.5 Å². The van der Waals surface area contributed by atoms with Gasteiger partial charge in [-0.15, -0.1) is 0 Å². The normalized spacial score (nSPS) is 9.56. The van der Waals surface area contributed by atoms with Crippen molar-refractivity contribution in [3.63, 3.8) is 0 Å². The number of rotatable bonds is 3. The van der Waals surface area contributed by atoms with Crippen molar-refractivity contribution in [1.82, 2.24) is 0 Å². The first-order valence-corrected chi connectivity index (χ1v) is 5.19. The summed E-state index contributed by atoms with van der Waals surface area (Å²) in [6.07, 6.45) is 2.56. The van der Waals surface area contributed by atoms with Crippen LogP contribution < -0.4 is 0 Å². The van der Waals surface area contributed by atoms with Crippen LogP contribution in [0.1, 0.15) is 40.5 Å². The minimum atomic E-state index is -0.398. The molecule has 0 unspecified atom stereocenters. The van der Waals surface area contributed by atoms with E-state index in [1.807, 2.05) is 27.7 Å². The Morgan fingerprint density at radius 3 is 1.94 bits per heavy atom. The second kappa shape index (κ2) is 8.95. The van der Waals surface area contributed by atoms with Crippen molar-refractivity contribution in [2.45, 2.75) is 46.1 Å². The van der Waals surface area contributed by atoms with Gasteiger partial charge in [0.15, 0.2) is 0 Å². The lowest BCUT2D eigenvalue weighted by molar-refractivity contribution is -0.148. The van der Waals surface area contributed by atoms with E-state index in [1.165, 1.54) is 7.11 Å². The second-order valence-electron chi connectivity index (χ2n) is 4.06. The molecule has 4 nitrogen and oxygen atoms in total. The highest BCUT2D eigenvalue weighted by Gasteiger charge is 2.12. The molecular weight excluding hydrogens is 208 g/mol. The number of esters is 2. The molecular formula is C12H22O4. The molecule has 0 saturated heterocycles. The lowest BCUT2D eigenvalue weighted by atomic mass is 10.2. The van der Waals surface area contributed by atoms with Crippen molar-refractivity contribution in [2.24, 2.45) is 0 Å². The summed E-state index contributed by atoms with van der Waals surface area (Å²) >= 11 is 0. The third-order valence-electron chi connectivity index (χ3n) is 1.26. The number of hydrogen-bond acceptors (Lipinski definition) is 4. The van der Waals surface area contributed by atoms with Crippen molar-refractivity contribution in [3.05, 3.63) is 12.7 Å². The number of ether oxygens (including phenoxy) is 2. The molecule has 0 aromatic carbocycles. The summed E-state index contributed by atoms with van der Waals surface area (Å²) in [5.74, 6) is -0.495. The van der Waals surface area contributed by atoms with Gasteiger partial charge in [-0.3, -0.25) is 4.79 Å². The topological polar surface area (TPSA) is 52.6 Å². The first kappa shape index (κ1) is 17.1. The number of methoxy groups -OCH3 is 1. The van der Waals surface area contributed by atoms with Crippen LogP contribution in [0.4, 0.5) is 0 Å². The van der Waals surface area contributed by atoms with E-state index in [1.54, 1.807) is 0 Å². The lowest BCUT2D eigenvalue weighted by Crippen LogP contribution is -2.22. The zero-order valence-electron chi connectivity index (χ0n) is 10.8. The van der Waals surface area contributed by atoms with Crippen LogP contribution in [0, 0.1) is 0 Å². The van der Waals surface area contributed by atoms with Gasteiger partial charge < -0.3 is 9.47 Å². The molecule has 0 radical (unpaired) electrons. The average molecular weight is 230 g/mol. The van der Waals surface area contributed by atoms with E-state index in [4.69, 9.17) is 4.74 Å². The highest BCUT2D eigenvalue weighted by molar-refractivity contribution is 5.81. The Morgan fingerprint density at radius 2 is 1.81 bits per heavy atom. The van der Waals surface area contributed by atoms with Gasteiger partial charge in [0.1, 0.15) is 5.60 Å². The van der Waals surface area contributed by atoms with Gasteiger partial charge in [-0.25, -0.2) is 4.79 Å². The van der Waals surface area contributed by atoms with E-state index >= 15 is 0 Å². The first-order valence-electron chi connectivity index (χ1n) is 5.19. The molecule has 0 heterocycles. The molecule has 0 N–H and O–H groups in total. The zero-order valence-corrected chi connectivity index (χ0v) is 10.8. The summed E-state index contributed by atoms with van der Waals surface area (Å²) in [5.41, 5.74) is -0.398. The minimum Gasteiger partial charge on any atom is -0.469 e. The summed E-state index contributed by atoms with van der Waals surface area (Å²) < 4.78 is 9.18. The highest BCUT2D eigenvalue weighted by atomic mass is 16.6. The largest absolute Gasteiger partial charge is 0.469 e. The maximum absolute atomic E-state index is 10.5. The van der Waals surface area contributed by atoms with Crippen LogP contribution >= 0.6 is 0 Å². The zero-order chi connectivity index (χ0) is 13.2. The molecule has 0 aromatic rings. The van der Waals surface area contributed by atoms with Crippen LogP contribution in [0.5, 0.6) is 0 Å². The molecule has 16 heavy (non-hydrogen) atoms. The Hall–Kier alpha value is -1.32. The Kier molecular flexibility index (Phi) is 9.55. The fourth-order valence-corrected chi connectivity index (χ4v) is 0.650. The second-order valence-corrected chi connectivity index (χ2v) is 4.06. The van der Waals surface area contributed by atoms with Crippen molar-refractivity contribution in [3.8, 4) is 0 Å². The first-order chi connectivity index (χ1) is 7.26. The van der Waals surface area contributed by atoms with Crippen LogP contribution in [0.25, 0.3) is 0 Å². The van der Waals surface area contributed by atoms with E-state index in [9.17, 15) is 9.59 Å². The average Bonchev–Trinajstić information content (AvgIpc) is 2.16. The van der Waals surface area contributed by atoms with Gasteiger partial charge in [0.05, 0.1) is 7.11 Å². The Bertz CT molecular complexity index is 226. The van der Waals surface area contributed by atoms with Crippen LogP contribution in [-0.2, 0) is 19.1 Å². The fourth-order valence-electron chi connectivity index (χ4n) is 0.650. The van der Waals surface area contributed by atoms with Gasteiger partial charge in [-0.05, 0) is 27.2 Å². The summed E-state index contributed by atoms with van der Waals surface area (Å²) in [7, 11) is 1.40. The third kappa shape index (κ3) is 15.2. The van der Waals surface area contributed by atoms with Crippen molar-refractivity contribution >= 4 is 11.9 Å². The molecule has 0 rings (SSSR count). The van der Waals surface area contributed by atoms with Gasteiger partial charge in [-0.2, -0.15) is 0 Å². The molecule has 0 aliphatic heterocycles. The molecule has 0 spiro atoms. The Labute approximate surface area is 97.6 Å². The predicted octanol–water partition coefficient (Wildman–Crippen LogP) is 2.47. The van der Waals surface area contributed by atoms with Crippen LogP contribution in [0.3, 0.4) is 0 Å². The molecule has 0 saturated carbocycles. The van der Waals surface area contributed by atoms with Gasteiger partial charge in [0, 0.05) is 12.5 Å². The highest BCUT2D eigenvalue weighted by Crippen LogP contribution is 2.06. The van der Waals surface area contributed by atoms with Crippen molar-refractivity contribution < 1.29 is 19.1 Å². The maximum atomic E-state index is 10.5. The van der Waals surface area contributed by atoms with E-state index in [0.29, 0.717) is 6.42 Å². The van der Waals surface area contributed by atoms with Crippen molar-refractivity contribution in [2.75, 3.05) is 7.11 Å². The van der Waals surface area contributed by atoms with E-state index < -0.39 is 5.60 Å². The van der Waals surface area contributed by atoms with E-state index in [2.05, 4.69) is 11.3 Å². The smallest absolute Gasteiger partial charge is 0.330 e. The standard InChI is InChI=1S/C7H12O2.C5H10O2/c1-5-6(8)9-7(2,3)4;1-3-4-5(6)7-2/h5H,1H2,2-4H3;3-4H2,1-2H3. The van der Waals surface area contributed by atoms with Crippen LogP contribution in [0.15, 0.2) is 12.7 Å². The van der Waals surface area contributed by atoms with Crippen LogP contribution in [0.2, 0.25) is 0 Å². The maximum Gasteiger partial charge on any atom is 0.330 e. The molecule has 0 fully saturated rings. The van der Waals surface area contributed by atoms with E-state index in [0.717, 1.165) is 12.5 Å². The van der Waals surface area contributed by atoms with Crippen LogP contribution in [-0.4, -0.2) is 24.6 Å². The summed E-state index contributed by atoms with van der Waals surface area (Å²) in [4.78, 5) is 20.7. The summed E-state index contributed by atoms with van der Waals surface area (Å²) in [6.45, 7) is 10.7. The molecule has 4 heteroatoms. The fraction of sp³-hybridized carbons (Fsp3) is 0.667. The molecule has 0 aromatic heterocycles. The minimum absolute atomic E-state index is 0.123. The molecule has 0 bridgehead atoms. The molecule has 94 valence electrons. The van der Waals surface area contributed by atoms with E-state index in [-0.39, 0.29) is 11.9 Å². The molecule has 0 amide bonds. The number of carbonyl (C=O) groups is 2. The predicted molar refractivity (Wildman–Crippen MR) is 63.0 cm³/mol. The number of carbonyl (C=O) groups excluding carboxylic acids is 2. The Morgan fingerprint density at radius 1 is 1.31 bits per heavy atom. The summed E-state index contributed by atoms with van der Waals surface area (Å²) in [6, 6.07) is 0. The molecule has 0 aliphatic carbocycles.